The van der Waals surface area contributed by atoms with Gasteiger partial charge in [-0.3, -0.25) is 9.59 Å². The van der Waals surface area contributed by atoms with Crippen LogP contribution in [-0.2, 0) is 14.3 Å². The zero-order valence-corrected chi connectivity index (χ0v) is 15.9. The highest BCUT2D eigenvalue weighted by Crippen LogP contribution is 2.26. The standard InChI is InChI=1S/C21H32O4/c1-4-24-20(22)15-9-7-5-6-8-10-16-21(23)25-19-14-12-11-13-18(19)17(2)3/h11-14,17H,4-10,15-16H2,1-3H3. The van der Waals surface area contributed by atoms with E-state index >= 15 is 0 Å². The summed E-state index contributed by atoms with van der Waals surface area (Å²) in [5.74, 6) is 0.752. The van der Waals surface area contributed by atoms with Crippen LogP contribution in [0.3, 0.4) is 0 Å². The fourth-order valence-corrected chi connectivity index (χ4v) is 2.70. The van der Waals surface area contributed by atoms with Gasteiger partial charge in [0.25, 0.3) is 0 Å². The molecular formula is C21H32O4. The molecule has 4 heteroatoms. The first-order valence-corrected chi connectivity index (χ1v) is 9.49. The monoisotopic (exact) mass is 348 g/mol. The van der Waals surface area contributed by atoms with Crippen LogP contribution in [-0.4, -0.2) is 18.5 Å². The van der Waals surface area contributed by atoms with Gasteiger partial charge in [0.2, 0.25) is 0 Å². The van der Waals surface area contributed by atoms with Crippen molar-refractivity contribution >= 4 is 11.9 Å². The highest BCUT2D eigenvalue weighted by atomic mass is 16.5. The average molecular weight is 348 g/mol. The second-order valence-corrected chi connectivity index (χ2v) is 6.59. The quantitative estimate of drug-likeness (QED) is 0.288. The molecule has 4 nitrogen and oxygen atoms in total. The molecule has 0 N–H and O–H groups in total. The molecule has 1 rings (SSSR count). The van der Waals surface area contributed by atoms with Crippen LogP contribution in [0.2, 0.25) is 0 Å². The third-order valence-electron chi connectivity index (χ3n) is 4.08. The maximum atomic E-state index is 12.0. The Labute approximate surface area is 151 Å². The molecule has 0 aliphatic heterocycles. The van der Waals surface area contributed by atoms with Gasteiger partial charge in [0.1, 0.15) is 5.75 Å². The highest BCUT2D eigenvalue weighted by Gasteiger charge is 2.11. The average Bonchev–Trinajstić information content (AvgIpc) is 2.57. The summed E-state index contributed by atoms with van der Waals surface area (Å²) < 4.78 is 10.4. The first kappa shape index (κ1) is 21.2. The number of unbranched alkanes of at least 4 members (excludes halogenated alkanes) is 5. The molecule has 0 amide bonds. The minimum absolute atomic E-state index is 0.105. The molecule has 0 atom stereocenters. The Morgan fingerprint density at radius 2 is 1.44 bits per heavy atom. The van der Waals surface area contributed by atoms with Gasteiger partial charge in [0, 0.05) is 12.8 Å². The van der Waals surface area contributed by atoms with Crippen molar-refractivity contribution < 1.29 is 19.1 Å². The van der Waals surface area contributed by atoms with Crippen molar-refractivity contribution in [2.75, 3.05) is 6.61 Å². The second-order valence-electron chi connectivity index (χ2n) is 6.59. The van der Waals surface area contributed by atoms with Gasteiger partial charge < -0.3 is 9.47 Å². The normalized spacial score (nSPS) is 10.7. The molecule has 0 aliphatic carbocycles. The summed E-state index contributed by atoms with van der Waals surface area (Å²) in [5, 5.41) is 0. The fourth-order valence-electron chi connectivity index (χ4n) is 2.70. The molecule has 140 valence electrons. The van der Waals surface area contributed by atoms with Crippen LogP contribution in [0.25, 0.3) is 0 Å². The molecule has 0 aromatic heterocycles. The van der Waals surface area contributed by atoms with Crippen molar-refractivity contribution in [3.63, 3.8) is 0 Å². The SMILES string of the molecule is CCOC(=O)CCCCCCCCC(=O)Oc1ccccc1C(C)C. The molecule has 0 fully saturated rings. The Balaban J connectivity index is 2.11. The summed E-state index contributed by atoms with van der Waals surface area (Å²) in [5.41, 5.74) is 1.07. The van der Waals surface area contributed by atoms with Crippen molar-refractivity contribution in [3.05, 3.63) is 29.8 Å². The topological polar surface area (TPSA) is 52.6 Å². The van der Waals surface area contributed by atoms with Gasteiger partial charge in [0.15, 0.2) is 0 Å². The maximum absolute atomic E-state index is 12.0. The van der Waals surface area contributed by atoms with Gasteiger partial charge in [-0.2, -0.15) is 0 Å². The van der Waals surface area contributed by atoms with Crippen LogP contribution in [0.4, 0.5) is 0 Å². The third-order valence-corrected chi connectivity index (χ3v) is 4.08. The summed E-state index contributed by atoms with van der Waals surface area (Å²) in [6.07, 6.45) is 6.91. The van der Waals surface area contributed by atoms with E-state index in [-0.39, 0.29) is 11.9 Å². The van der Waals surface area contributed by atoms with Crippen LogP contribution < -0.4 is 4.74 Å². The Morgan fingerprint density at radius 3 is 2.04 bits per heavy atom. The van der Waals surface area contributed by atoms with E-state index in [1.54, 1.807) is 0 Å². The van der Waals surface area contributed by atoms with Gasteiger partial charge in [-0.15, -0.1) is 0 Å². The molecule has 1 aromatic carbocycles. The van der Waals surface area contributed by atoms with Crippen LogP contribution in [0.5, 0.6) is 5.75 Å². The highest BCUT2D eigenvalue weighted by molar-refractivity contribution is 5.72. The first-order valence-electron chi connectivity index (χ1n) is 9.49. The lowest BCUT2D eigenvalue weighted by Gasteiger charge is -2.12. The summed E-state index contributed by atoms with van der Waals surface area (Å²) in [6, 6.07) is 7.72. The fraction of sp³-hybridized carbons (Fsp3) is 0.619. The maximum Gasteiger partial charge on any atom is 0.311 e. The number of ether oxygens (including phenoxy) is 2. The van der Waals surface area contributed by atoms with Crippen molar-refractivity contribution in [1.82, 2.24) is 0 Å². The molecule has 0 unspecified atom stereocenters. The minimum atomic E-state index is -0.157. The van der Waals surface area contributed by atoms with E-state index < -0.39 is 0 Å². The number of benzene rings is 1. The van der Waals surface area contributed by atoms with Crippen LogP contribution in [0.1, 0.15) is 83.6 Å². The number of hydrogen-bond acceptors (Lipinski definition) is 4. The smallest absolute Gasteiger partial charge is 0.311 e. The zero-order chi connectivity index (χ0) is 18.5. The van der Waals surface area contributed by atoms with Crippen molar-refractivity contribution in [1.29, 1.82) is 0 Å². The number of esters is 2. The zero-order valence-electron chi connectivity index (χ0n) is 15.9. The summed E-state index contributed by atoms with van der Waals surface area (Å²) in [7, 11) is 0. The van der Waals surface area contributed by atoms with Gasteiger partial charge in [-0.05, 0) is 37.3 Å². The predicted molar refractivity (Wildman–Crippen MR) is 99.7 cm³/mol. The van der Waals surface area contributed by atoms with E-state index in [1.165, 1.54) is 0 Å². The first-order chi connectivity index (χ1) is 12.0. The molecule has 0 radical (unpaired) electrons. The molecule has 0 aliphatic rings. The van der Waals surface area contributed by atoms with Gasteiger partial charge >= 0.3 is 11.9 Å². The number of carbonyl (C=O) groups is 2. The summed E-state index contributed by atoms with van der Waals surface area (Å²) >= 11 is 0. The summed E-state index contributed by atoms with van der Waals surface area (Å²) in [6.45, 7) is 6.46. The van der Waals surface area contributed by atoms with Crippen molar-refractivity contribution in [2.24, 2.45) is 0 Å². The number of carbonyl (C=O) groups excluding carboxylic acids is 2. The van der Waals surface area contributed by atoms with E-state index in [9.17, 15) is 9.59 Å². The van der Waals surface area contributed by atoms with Gasteiger partial charge in [-0.25, -0.2) is 0 Å². The van der Waals surface area contributed by atoms with Gasteiger partial charge in [0.05, 0.1) is 6.61 Å². The Morgan fingerprint density at radius 1 is 0.880 bits per heavy atom. The molecule has 0 saturated heterocycles. The Kier molecular flexibility index (Phi) is 10.6. The van der Waals surface area contributed by atoms with Crippen LogP contribution >= 0.6 is 0 Å². The Bertz CT molecular complexity index is 522. The molecule has 0 bridgehead atoms. The van der Waals surface area contributed by atoms with Crippen molar-refractivity contribution in [2.45, 2.75) is 78.1 Å². The molecule has 0 saturated carbocycles. The largest absolute Gasteiger partial charge is 0.466 e. The van der Waals surface area contributed by atoms with E-state index in [0.717, 1.165) is 44.1 Å². The second kappa shape index (κ2) is 12.5. The van der Waals surface area contributed by atoms with Crippen LogP contribution in [0, 0.1) is 0 Å². The molecule has 0 spiro atoms. The predicted octanol–water partition coefficient (Wildman–Crippen LogP) is 5.40. The van der Waals surface area contributed by atoms with Crippen molar-refractivity contribution in [3.8, 4) is 5.75 Å². The van der Waals surface area contributed by atoms with Gasteiger partial charge in [-0.1, -0.05) is 57.7 Å². The lowest BCUT2D eigenvalue weighted by Crippen LogP contribution is -2.09. The molecular weight excluding hydrogens is 316 g/mol. The van der Waals surface area contributed by atoms with E-state index in [2.05, 4.69) is 13.8 Å². The molecule has 1 aromatic rings. The minimum Gasteiger partial charge on any atom is -0.466 e. The number of hydrogen-bond donors (Lipinski definition) is 0. The molecule has 0 heterocycles. The molecule has 25 heavy (non-hydrogen) atoms. The summed E-state index contributed by atoms with van der Waals surface area (Å²) in [4.78, 5) is 23.2. The Hall–Kier alpha value is -1.84. The van der Waals surface area contributed by atoms with E-state index in [1.807, 2.05) is 31.2 Å². The van der Waals surface area contributed by atoms with E-state index in [4.69, 9.17) is 9.47 Å². The lowest BCUT2D eigenvalue weighted by molar-refractivity contribution is -0.143. The lowest BCUT2D eigenvalue weighted by atomic mass is 10.0. The number of rotatable bonds is 12. The van der Waals surface area contributed by atoms with Crippen LogP contribution in [0.15, 0.2) is 24.3 Å². The number of para-hydroxylation sites is 1. The van der Waals surface area contributed by atoms with E-state index in [0.29, 0.717) is 31.1 Å². The third kappa shape index (κ3) is 9.28.